The minimum Gasteiger partial charge on any atom is -0.360 e. The van der Waals surface area contributed by atoms with E-state index in [1.165, 1.54) is 34.4 Å². The second-order valence-corrected chi connectivity index (χ2v) is 9.38. The lowest BCUT2D eigenvalue weighted by Gasteiger charge is -2.03. The van der Waals surface area contributed by atoms with Crippen molar-refractivity contribution < 1.29 is 0 Å². The van der Waals surface area contributed by atoms with Gasteiger partial charge in [0.1, 0.15) is 10.7 Å². The van der Waals surface area contributed by atoms with Crippen LogP contribution < -0.4 is 10.9 Å². The van der Waals surface area contributed by atoms with Crippen molar-refractivity contribution in [2.75, 3.05) is 11.9 Å². The van der Waals surface area contributed by atoms with Crippen molar-refractivity contribution in [3.63, 3.8) is 0 Å². The van der Waals surface area contributed by atoms with Gasteiger partial charge in [0.15, 0.2) is 4.34 Å². The number of H-pyrrole nitrogens is 1. The summed E-state index contributed by atoms with van der Waals surface area (Å²) >= 11 is 10.8. The molecule has 0 aliphatic rings. The Morgan fingerprint density at radius 1 is 1.25 bits per heavy atom. The Kier molecular flexibility index (Phi) is 5.96. The molecule has 1 aromatic carbocycles. The first kappa shape index (κ1) is 19.4. The zero-order valence-corrected chi connectivity index (χ0v) is 18.1. The number of hydrogen-bond donors (Lipinski definition) is 2. The number of aromatic nitrogens is 4. The number of halogens is 1. The van der Waals surface area contributed by atoms with Crippen LogP contribution in [0.4, 0.5) is 5.13 Å². The summed E-state index contributed by atoms with van der Waals surface area (Å²) in [6, 6.07) is 7.50. The molecule has 0 saturated carbocycles. The van der Waals surface area contributed by atoms with Crippen molar-refractivity contribution in [2.45, 2.75) is 23.4 Å². The number of fused-ring (bicyclic) bond motifs is 1. The van der Waals surface area contributed by atoms with Crippen LogP contribution in [0.15, 0.2) is 38.8 Å². The molecule has 2 N–H and O–H groups in total. The van der Waals surface area contributed by atoms with E-state index in [-0.39, 0.29) is 5.56 Å². The van der Waals surface area contributed by atoms with Crippen LogP contribution in [0, 0.1) is 0 Å². The van der Waals surface area contributed by atoms with Gasteiger partial charge in [0, 0.05) is 28.1 Å². The smallest absolute Gasteiger partial charge is 0.260 e. The first-order valence-corrected chi connectivity index (χ1v) is 11.7. The molecule has 4 rings (SSSR count). The van der Waals surface area contributed by atoms with Crippen molar-refractivity contribution in [3.05, 3.63) is 50.8 Å². The molecule has 3 aromatic heterocycles. The van der Waals surface area contributed by atoms with E-state index in [0.29, 0.717) is 26.8 Å². The molecule has 28 heavy (non-hydrogen) atoms. The van der Waals surface area contributed by atoms with Gasteiger partial charge in [0.05, 0.1) is 11.1 Å². The van der Waals surface area contributed by atoms with Gasteiger partial charge in [0.25, 0.3) is 5.56 Å². The zero-order valence-electron chi connectivity index (χ0n) is 14.9. The van der Waals surface area contributed by atoms with Crippen molar-refractivity contribution in [1.29, 1.82) is 0 Å². The van der Waals surface area contributed by atoms with E-state index in [9.17, 15) is 4.79 Å². The van der Waals surface area contributed by atoms with E-state index in [4.69, 9.17) is 11.6 Å². The maximum Gasteiger partial charge on any atom is 0.260 e. The molecule has 4 aromatic rings. The Labute approximate surface area is 178 Å². The fraction of sp³-hybridized carbons (Fsp3) is 0.222. The van der Waals surface area contributed by atoms with Crippen LogP contribution >= 0.6 is 46.0 Å². The third-order valence-corrected chi connectivity index (χ3v) is 7.15. The van der Waals surface area contributed by atoms with Crippen LogP contribution in [0.25, 0.3) is 21.3 Å². The number of hydrogen-bond acceptors (Lipinski definition) is 8. The summed E-state index contributed by atoms with van der Waals surface area (Å²) in [5, 5.41) is 15.4. The number of aromatic amines is 1. The Balaban J connectivity index is 1.56. The van der Waals surface area contributed by atoms with Crippen molar-refractivity contribution in [3.8, 4) is 11.1 Å². The third-order valence-electron chi connectivity index (χ3n) is 3.92. The molecule has 0 radical (unpaired) electrons. The number of nitrogens with zero attached hydrogens (tertiary/aromatic N) is 3. The lowest BCUT2D eigenvalue weighted by molar-refractivity contribution is 0.950. The normalized spacial score (nSPS) is 11.2. The highest BCUT2D eigenvalue weighted by atomic mass is 35.5. The second kappa shape index (κ2) is 8.60. The molecular formula is C18H16ClN5OS3. The molecule has 0 fully saturated rings. The summed E-state index contributed by atoms with van der Waals surface area (Å²) < 4.78 is 0.837. The quantitative estimate of drug-likeness (QED) is 0.374. The molecule has 10 heteroatoms. The van der Waals surface area contributed by atoms with E-state index in [1.54, 1.807) is 0 Å². The molecule has 6 nitrogen and oxygen atoms in total. The van der Waals surface area contributed by atoms with Crippen molar-refractivity contribution in [1.82, 2.24) is 20.2 Å². The van der Waals surface area contributed by atoms with Gasteiger partial charge in [-0.05, 0) is 12.5 Å². The number of thiophene rings is 1. The van der Waals surface area contributed by atoms with Crippen LogP contribution in [0.5, 0.6) is 0 Å². The van der Waals surface area contributed by atoms with E-state index < -0.39 is 0 Å². The Morgan fingerprint density at radius 2 is 2.11 bits per heavy atom. The summed E-state index contributed by atoms with van der Waals surface area (Å²) in [7, 11) is 0. The Bertz CT molecular complexity index is 1170. The van der Waals surface area contributed by atoms with Crippen LogP contribution in [0.1, 0.15) is 19.2 Å². The monoisotopic (exact) mass is 449 g/mol. The van der Waals surface area contributed by atoms with E-state index in [0.717, 1.165) is 33.6 Å². The van der Waals surface area contributed by atoms with Gasteiger partial charge in [-0.25, -0.2) is 4.98 Å². The second-order valence-electron chi connectivity index (χ2n) is 5.91. The van der Waals surface area contributed by atoms with E-state index >= 15 is 0 Å². The van der Waals surface area contributed by atoms with Gasteiger partial charge < -0.3 is 10.3 Å². The van der Waals surface area contributed by atoms with Crippen LogP contribution in [-0.2, 0) is 5.75 Å². The highest BCUT2D eigenvalue weighted by Crippen LogP contribution is 2.35. The van der Waals surface area contributed by atoms with Crippen molar-refractivity contribution in [2.24, 2.45) is 0 Å². The van der Waals surface area contributed by atoms with Gasteiger partial charge in [-0.3, -0.25) is 4.79 Å². The number of benzene rings is 1. The minimum absolute atomic E-state index is 0.153. The molecule has 0 aliphatic heterocycles. The summed E-state index contributed by atoms with van der Waals surface area (Å²) in [6.07, 6.45) is 1.03. The molecule has 0 unspecified atom stereocenters. The van der Waals surface area contributed by atoms with Gasteiger partial charge in [-0.2, -0.15) is 0 Å². The average Bonchev–Trinajstić information content (AvgIpc) is 3.32. The van der Waals surface area contributed by atoms with E-state index in [1.807, 2.05) is 29.6 Å². The number of nitrogens with one attached hydrogen (secondary N) is 2. The summed E-state index contributed by atoms with van der Waals surface area (Å²) in [4.78, 5) is 20.9. The molecule has 144 valence electrons. The summed E-state index contributed by atoms with van der Waals surface area (Å²) in [5.41, 5.74) is 1.50. The molecular weight excluding hydrogens is 434 g/mol. The molecule has 0 aliphatic carbocycles. The third kappa shape index (κ3) is 4.07. The number of anilines is 1. The van der Waals surface area contributed by atoms with Gasteiger partial charge in [0.2, 0.25) is 5.13 Å². The van der Waals surface area contributed by atoms with Gasteiger partial charge >= 0.3 is 0 Å². The van der Waals surface area contributed by atoms with Gasteiger partial charge in [-0.15, -0.1) is 21.5 Å². The summed E-state index contributed by atoms with van der Waals surface area (Å²) in [5.74, 6) is 1.14. The topological polar surface area (TPSA) is 83.6 Å². The first-order chi connectivity index (χ1) is 13.7. The lowest BCUT2D eigenvalue weighted by atomic mass is 10.1. The van der Waals surface area contributed by atoms with Crippen LogP contribution in [0.2, 0.25) is 5.02 Å². The number of rotatable bonds is 7. The zero-order chi connectivity index (χ0) is 19.5. The molecule has 3 heterocycles. The SMILES string of the molecule is CCCNc1nnc(SCc2nc3scc(-c4ccccc4Cl)c3c(=O)[nH]2)s1. The Morgan fingerprint density at radius 3 is 2.93 bits per heavy atom. The molecule has 0 bridgehead atoms. The highest BCUT2D eigenvalue weighted by Gasteiger charge is 2.15. The van der Waals surface area contributed by atoms with E-state index in [2.05, 4.69) is 32.4 Å². The molecule has 0 amide bonds. The van der Waals surface area contributed by atoms with Crippen LogP contribution in [0.3, 0.4) is 0 Å². The largest absolute Gasteiger partial charge is 0.360 e. The number of thioether (sulfide) groups is 1. The minimum atomic E-state index is -0.153. The molecule has 0 atom stereocenters. The highest BCUT2D eigenvalue weighted by molar-refractivity contribution is 8.00. The predicted molar refractivity (Wildman–Crippen MR) is 119 cm³/mol. The maximum absolute atomic E-state index is 12.7. The van der Waals surface area contributed by atoms with Crippen LogP contribution in [-0.4, -0.2) is 26.7 Å². The standard InChI is InChI=1S/C18H16ClN5OS3/c1-2-7-20-17-23-24-18(28-17)27-9-13-21-15(25)14-11(8-26-16(14)22-13)10-5-3-4-6-12(10)19/h3-6,8H,2,7,9H2,1H3,(H,20,23)(H,21,22,25). The first-order valence-electron chi connectivity index (χ1n) is 8.61. The Hall–Kier alpha value is -1.94. The predicted octanol–water partition coefficient (Wildman–Crippen LogP) is 5.27. The summed E-state index contributed by atoms with van der Waals surface area (Å²) in [6.45, 7) is 2.97. The maximum atomic E-state index is 12.7. The van der Waals surface area contributed by atoms with Crippen molar-refractivity contribution >= 4 is 61.4 Å². The lowest BCUT2D eigenvalue weighted by Crippen LogP contribution is -2.10. The average molecular weight is 450 g/mol. The van der Waals surface area contributed by atoms with Gasteiger partial charge in [-0.1, -0.05) is 59.8 Å². The fourth-order valence-corrected chi connectivity index (χ4v) is 5.48. The molecule has 0 spiro atoms. The fourth-order valence-electron chi connectivity index (χ4n) is 2.64. The molecule has 0 saturated heterocycles.